The molecular weight excluding hydrogens is 612 g/mol. The first kappa shape index (κ1) is 37.1. The molecule has 14 heteroatoms. The maximum Gasteiger partial charge on any atom is 0.416 e. The average molecular weight is 658 g/mol. The standard InChI is InChI=1S/C32H45F6N7O/c33-31(34,35)25-16-24(17-26(18-25)32(36,37)38)21-44-28(8-4-14-43-30(39)40)29(46)45-20-23-11-9-22(10-12-23)19-41-13-5-15-42-27-6-2-1-3-7-27/h9-12,16-18,27-28,41-42,44H,1-8,13-15,19-21H2,(H,45,46)(H4,39,40,43)/t28-/m0/s1. The summed E-state index contributed by atoms with van der Waals surface area (Å²) in [5.74, 6) is -0.721. The van der Waals surface area contributed by atoms with Gasteiger partial charge in [0.15, 0.2) is 5.96 Å². The van der Waals surface area contributed by atoms with Gasteiger partial charge in [0.1, 0.15) is 0 Å². The Balaban J connectivity index is 1.51. The smallest absolute Gasteiger partial charge is 0.370 e. The third-order valence-corrected chi connectivity index (χ3v) is 7.89. The Morgan fingerprint density at radius 2 is 1.39 bits per heavy atom. The number of carbonyl (C=O) groups is 1. The van der Waals surface area contributed by atoms with Gasteiger partial charge in [0.2, 0.25) is 5.91 Å². The lowest BCUT2D eigenvalue weighted by atomic mass is 9.95. The molecule has 8 nitrogen and oxygen atoms in total. The molecule has 2 aromatic rings. The molecule has 46 heavy (non-hydrogen) atoms. The van der Waals surface area contributed by atoms with Crippen molar-refractivity contribution in [3.05, 3.63) is 70.3 Å². The average Bonchev–Trinajstić information content (AvgIpc) is 3.01. The maximum atomic E-state index is 13.3. The van der Waals surface area contributed by atoms with Gasteiger partial charge in [-0.3, -0.25) is 10.2 Å². The highest BCUT2D eigenvalue weighted by atomic mass is 19.4. The fourth-order valence-corrected chi connectivity index (χ4v) is 5.36. The molecule has 1 atom stereocenters. The van der Waals surface area contributed by atoms with Crippen molar-refractivity contribution in [3.63, 3.8) is 0 Å². The Bertz CT molecular complexity index is 1200. The second-order valence-corrected chi connectivity index (χ2v) is 11.7. The third kappa shape index (κ3) is 13.6. The van der Waals surface area contributed by atoms with E-state index in [1.54, 1.807) is 0 Å². The summed E-state index contributed by atoms with van der Waals surface area (Å²) in [4.78, 5) is 13.1. The molecule has 1 fully saturated rings. The van der Waals surface area contributed by atoms with Gasteiger partial charge in [-0.15, -0.1) is 0 Å². The molecule has 0 unspecified atom stereocenters. The van der Waals surface area contributed by atoms with Gasteiger partial charge in [0.25, 0.3) is 0 Å². The number of guanidine groups is 1. The first-order valence-electron chi connectivity index (χ1n) is 15.7. The monoisotopic (exact) mass is 657 g/mol. The van der Waals surface area contributed by atoms with Crippen molar-refractivity contribution in [2.45, 2.75) is 95.4 Å². The van der Waals surface area contributed by atoms with E-state index in [2.05, 4.69) is 26.6 Å². The van der Waals surface area contributed by atoms with Crippen LogP contribution in [0.4, 0.5) is 26.3 Å². The molecule has 8 N–H and O–H groups in total. The zero-order valence-corrected chi connectivity index (χ0v) is 25.8. The summed E-state index contributed by atoms with van der Waals surface area (Å²) in [6.45, 7) is 2.64. The topological polar surface area (TPSA) is 127 Å². The van der Waals surface area contributed by atoms with E-state index in [4.69, 9.17) is 11.1 Å². The van der Waals surface area contributed by atoms with E-state index in [1.807, 2.05) is 24.3 Å². The molecule has 0 heterocycles. The maximum absolute atomic E-state index is 13.3. The molecule has 1 aliphatic carbocycles. The zero-order chi connectivity index (χ0) is 33.6. The summed E-state index contributed by atoms with van der Waals surface area (Å²) in [5, 5.41) is 22.5. The lowest BCUT2D eigenvalue weighted by Crippen LogP contribution is -2.44. The van der Waals surface area contributed by atoms with Crippen molar-refractivity contribution < 1.29 is 31.1 Å². The van der Waals surface area contributed by atoms with Crippen molar-refractivity contribution in [1.29, 1.82) is 5.41 Å². The van der Waals surface area contributed by atoms with Crippen LogP contribution < -0.4 is 32.3 Å². The lowest BCUT2D eigenvalue weighted by molar-refractivity contribution is -0.143. The second kappa shape index (κ2) is 18.1. The first-order chi connectivity index (χ1) is 21.8. The Morgan fingerprint density at radius 3 is 1.98 bits per heavy atom. The summed E-state index contributed by atoms with van der Waals surface area (Å²) < 4.78 is 79.8. The van der Waals surface area contributed by atoms with Crippen LogP contribution in [0.15, 0.2) is 42.5 Å². The number of amides is 1. The van der Waals surface area contributed by atoms with Gasteiger partial charge < -0.3 is 32.3 Å². The van der Waals surface area contributed by atoms with Gasteiger partial charge in [-0.2, -0.15) is 26.3 Å². The molecule has 0 radical (unpaired) electrons. The predicted octanol–water partition coefficient (Wildman–Crippen LogP) is 5.16. The molecule has 2 aromatic carbocycles. The van der Waals surface area contributed by atoms with E-state index in [0.29, 0.717) is 31.1 Å². The highest BCUT2D eigenvalue weighted by Crippen LogP contribution is 2.36. The minimum atomic E-state index is -4.97. The zero-order valence-electron chi connectivity index (χ0n) is 25.8. The van der Waals surface area contributed by atoms with Crippen molar-refractivity contribution in [2.75, 3.05) is 19.6 Å². The van der Waals surface area contributed by atoms with Gasteiger partial charge in [-0.05, 0) is 80.1 Å². The van der Waals surface area contributed by atoms with E-state index in [-0.39, 0.29) is 37.1 Å². The van der Waals surface area contributed by atoms with Gasteiger partial charge in [-0.1, -0.05) is 43.5 Å². The van der Waals surface area contributed by atoms with Crippen molar-refractivity contribution in [3.8, 4) is 0 Å². The number of hydrogen-bond acceptors (Lipinski definition) is 5. The number of alkyl halides is 6. The summed E-state index contributed by atoms with van der Waals surface area (Å²) >= 11 is 0. The number of nitrogens with two attached hydrogens (primary N) is 1. The molecule has 3 rings (SSSR count). The van der Waals surface area contributed by atoms with Crippen LogP contribution in [0.2, 0.25) is 0 Å². The van der Waals surface area contributed by atoms with Crippen LogP contribution in [-0.4, -0.2) is 43.6 Å². The molecule has 1 saturated carbocycles. The highest BCUT2D eigenvalue weighted by Gasteiger charge is 2.37. The molecule has 1 aliphatic rings. The van der Waals surface area contributed by atoms with Gasteiger partial charge in [0, 0.05) is 32.2 Å². The van der Waals surface area contributed by atoms with E-state index < -0.39 is 42.0 Å². The SMILES string of the molecule is N=C(N)NCCC[C@H](NCc1cc(C(F)(F)F)cc(C(F)(F)F)c1)C(=O)NCc1ccc(CNCCCNC2CCCCC2)cc1. The number of nitrogens with one attached hydrogen (secondary N) is 6. The van der Waals surface area contributed by atoms with E-state index >= 15 is 0 Å². The minimum absolute atomic E-state index is 0.0682. The fraction of sp³-hybridized carbons (Fsp3) is 0.562. The van der Waals surface area contributed by atoms with Crippen molar-refractivity contribution >= 4 is 11.9 Å². The Hall–Kier alpha value is -3.36. The Morgan fingerprint density at radius 1 is 0.783 bits per heavy atom. The van der Waals surface area contributed by atoms with Crippen molar-refractivity contribution in [2.24, 2.45) is 5.73 Å². The van der Waals surface area contributed by atoms with Crippen LogP contribution in [0.5, 0.6) is 0 Å². The first-order valence-corrected chi connectivity index (χ1v) is 15.7. The molecule has 0 saturated heterocycles. The highest BCUT2D eigenvalue weighted by molar-refractivity contribution is 5.81. The lowest BCUT2D eigenvalue weighted by Gasteiger charge is -2.22. The van der Waals surface area contributed by atoms with E-state index in [1.165, 1.54) is 32.1 Å². The quantitative estimate of drug-likeness (QED) is 0.0545. The molecule has 0 bridgehead atoms. The number of benzene rings is 2. The number of hydrogen-bond donors (Lipinski definition) is 7. The van der Waals surface area contributed by atoms with Crippen LogP contribution in [0.25, 0.3) is 0 Å². The normalized spacial score (nSPS) is 15.0. The summed E-state index contributed by atoms with van der Waals surface area (Å²) in [6, 6.07) is 8.78. The molecule has 0 spiro atoms. The van der Waals surface area contributed by atoms with Gasteiger partial charge in [-0.25, -0.2) is 0 Å². The minimum Gasteiger partial charge on any atom is -0.370 e. The summed E-state index contributed by atoms with van der Waals surface area (Å²) in [5.41, 5.74) is 4.11. The molecule has 0 aromatic heterocycles. The molecule has 1 amide bonds. The summed E-state index contributed by atoms with van der Waals surface area (Å²) in [7, 11) is 0. The Labute approximate surface area is 266 Å². The van der Waals surface area contributed by atoms with Crippen molar-refractivity contribution in [1.82, 2.24) is 26.6 Å². The number of carbonyl (C=O) groups excluding carboxylic acids is 1. The van der Waals surface area contributed by atoms with Gasteiger partial charge in [0.05, 0.1) is 17.2 Å². The summed E-state index contributed by atoms with van der Waals surface area (Å²) in [6.07, 6.45) is -1.85. The number of rotatable bonds is 17. The molecule has 0 aliphatic heterocycles. The Kier molecular flexibility index (Phi) is 14.6. The van der Waals surface area contributed by atoms with Gasteiger partial charge >= 0.3 is 12.4 Å². The van der Waals surface area contributed by atoms with Crippen LogP contribution in [0.3, 0.4) is 0 Å². The number of halogens is 6. The molecule has 256 valence electrons. The van der Waals surface area contributed by atoms with E-state index in [9.17, 15) is 31.1 Å². The van der Waals surface area contributed by atoms with Crippen LogP contribution in [0, 0.1) is 5.41 Å². The third-order valence-electron chi connectivity index (χ3n) is 7.89. The fourth-order valence-electron chi connectivity index (χ4n) is 5.36. The van der Waals surface area contributed by atoms with Crippen LogP contribution in [-0.2, 0) is 36.8 Å². The molecular formula is C32H45F6N7O. The largest absolute Gasteiger partial charge is 0.416 e. The van der Waals surface area contributed by atoms with Crippen LogP contribution >= 0.6 is 0 Å². The van der Waals surface area contributed by atoms with Crippen LogP contribution in [0.1, 0.15) is 79.2 Å². The second-order valence-electron chi connectivity index (χ2n) is 11.7. The predicted molar refractivity (Wildman–Crippen MR) is 166 cm³/mol. The van der Waals surface area contributed by atoms with E-state index in [0.717, 1.165) is 30.6 Å².